The number of methoxy groups -OCH3 is 1. The Morgan fingerprint density at radius 3 is 2.79 bits per heavy atom. The van der Waals surface area contributed by atoms with Crippen LogP contribution in [0.3, 0.4) is 0 Å². The molecule has 1 aliphatic rings. The Bertz CT molecular complexity index is 1070. The van der Waals surface area contributed by atoms with Crippen LogP contribution in [-0.4, -0.2) is 41.5 Å². The number of carbonyl (C=O) groups excluding carboxylic acids is 3. The molecule has 1 aromatic heterocycles. The number of rotatable bonds is 5. The van der Waals surface area contributed by atoms with Gasteiger partial charge in [0, 0.05) is 12.1 Å². The topological polar surface area (TPSA) is 88.8 Å². The lowest BCUT2D eigenvalue weighted by Gasteiger charge is -2.27. The summed E-state index contributed by atoms with van der Waals surface area (Å²) in [6.07, 6.45) is 2.82. The Morgan fingerprint density at radius 2 is 2.10 bits per heavy atom. The van der Waals surface area contributed by atoms with Gasteiger partial charge in [0.2, 0.25) is 0 Å². The van der Waals surface area contributed by atoms with Crippen LogP contribution in [0.1, 0.15) is 16.1 Å². The smallest absolute Gasteiger partial charge is 0.337 e. The molecule has 29 heavy (non-hydrogen) atoms. The van der Waals surface area contributed by atoms with Crippen molar-refractivity contribution in [2.75, 3.05) is 13.7 Å². The van der Waals surface area contributed by atoms with Crippen molar-refractivity contribution < 1.29 is 23.5 Å². The predicted molar refractivity (Wildman–Crippen MR) is 111 cm³/mol. The van der Waals surface area contributed by atoms with Gasteiger partial charge in [-0.05, 0) is 48.6 Å². The van der Waals surface area contributed by atoms with Crippen LogP contribution in [0.4, 0.5) is 0 Å². The zero-order chi connectivity index (χ0) is 21.1. The Hall–Kier alpha value is -3.23. The SMILES string of the molecule is C=CCN1C(=O)/C(=C/c2ccc(-c3cc(C(=O)OC)ccc3Cl)o2)C(=O)NC1=S. The Labute approximate surface area is 176 Å². The van der Waals surface area contributed by atoms with Crippen LogP contribution in [0.25, 0.3) is 17.4 Å². The van der Waals surface area contributed by atoms with Gasteiger partial charge in [0.1, 0.15) is 17.1 Å². The molecule has 0 atom stereocenters. The van der Waals surface area contributed by atoms with Gasteiger partial charge in [-0.25, -0.2) is 4.79 Å². The normalized spacial score (nSPS) is 15.4. The molecule has 9 heteroatoms. The first kappa shape index (κ1) is 20.5. The van der Waals surface area contributed by atoms with E-state index in [0.717, 1.165) is 0 Å². The molecular weight excluding hydrogens is 416 g/mol. The summed E-state index contributed by atoms with van der Waals surface area (Å²) in [7, 11) is 1.28. The van der Waals surface area contributed by atoms with Crippen LogP contribution in [-0.2, 0) is 14.3 Å². The third-order valence-corrected chi connectivity index (χ3v) is 4.72. The minimum atomic E-state index is -0.621. The number of carbonyl (C=O) groups is 3. The standard InChI is InChI=1S/C20H15ClN2O5S/c1-3-8-23-18(25)14(17(24)22-20(23)29)10-12-5-7-16(28-12)13-9-11(19(26)27-2)4-6-15(13)21/h3-7,9-10H,1,8H2,2H3,(H,22,24,29)/b14-10+. The van der Waals surface area contributed by atoms with Crippen molar-refractivity contribution in [2.45, 2.75) is 0 Å². The zero-order valence-corrected chi connectivity index (χ0v) is 16.8. The van der Waals surface area contributed by atoms with Gasteiger partial charge in [-0.1, -0.05) is 17.7 Å². The first-order valence-corrected chi connectivity index (χ1v) is 9.12. The first-order chi connectivity index (χ1) is 13.8. The number of ether oxygens (including phenoxy) is 1. The molecule has 2 amide bonds. The molecule has 3 rings (SSSR count). The zero-order valence-electron chi connectivity index (χ0n) is 15.2. The number of thiocarbonyl (C=S) groups is 1. The monoisotopic (exact) mass is 430 g/mol. The minimum absolute atomic E-state index is 0.0172. The van der Waals surface area contributed by atoms with Crippen LogP contribution in [0.5, 0.6) is 0 Å². The fourth-order valence-corrected chi connectivity index (χ4v) is 3.13. The van der Waals surface area contributed by atoms with Gasteiger partial charge < -0.3 is 9.15 Å². The molecule has 2 heterocycles. The summed E-state index contributed by atoms with van der Waals surface area (Å²) >= 11 is 11.2. The van der Waals surface area contributed by atoms with E-state index in [1.807, 2.05) is 0 Å². The highest BCUT2D eigenvalue weighted by molar-refractivity contribution is 7.80. The number of nitrogens with one attached hydrogen (secondary N) is 1. The van der Waals surface area contributed by atoms with Crippen molar-refractivity contribution in [3.05, 3.63) is 64.9 Å². The Morgan fingerprint density at radius 1 is 1.34 bits per heavy atom. The second-order valence-electron chi connectivity index (χ2n) is 5.91. The van der Waals surface area contributed by atoms with E-state index in [-0.39, 0.29) is 23.0 Å². The molecular formula is C20H15ClN2O5S. The molecule has 1 saturated heterocycles. The molecule has 0 radical (unpaired) electrons. The van der Waals surface area contributed by atoms with Gasteiger partial charge >= 0.3 is 5.97 Å². The predicted octanol–water partition coefficient (Wildman–Crippen LogP) is 3.20. The van der Waals surface area contributed by atoms with Crippen LogP contribution in [0.15, 0.2) is 53.0 Å². The summed E-state index contributed by atoms with van der Waals surface area (Å²) in [6.45, 7) is 3.73. The molecule has 0 aliphatic carbocycles. The van der Waals surface area contributed by atoms with Crippen LogP contribution < -0.4 is 5.32 Å². The number of benzene rings is 1. The van der Waals surface area contributed by atoms with Gasteiger partial charge in [0.05, 0.1) is 17.7 Å². The molecule has 148 valence electrons. The fraction of sp³-hybridized carbons (Fsp3) is 0.100. The lowest BCUT2D eigenvalue weighted by molar-refractivity contribution is -0.128. The molecule has 2 aromatic rings. The van der Waals surface area contributed by atoms with E-state index in [4.69, 9.17) is 33.0 Å². The summed E-state index contributed by atoms with van der Waals surface area (Å²) in [5.41, 5.74) is 0.641. The molecule has 0 unspecified atom stereocenters. The molecule has 1 N–H and O–H groups in total. The van der Waals surface area contributed by atoms with Crippen molar-refractivity contribution >= 4 is 52.8 Å². The highest BCUT2D eigenvalue weighted by atomic mass is 35.5. The number of furan rings is 1. The van der Waals surface area contributed by atoms with Gasteiger partial charge in [-0.3, -0.25) is 19.8 Å². The molecule has 1 fully saturated rings. The van der Waals surface area contributed by atoms with Gasteiger partial charge in [-0.2, -0.15) is 0 Å². The summed E-state index contributed by atoms with van der Waals surface area (Å²) < 4.78 is 10.4. The highest BCUT2D eigenvalue weighted by Crippen LogP contribution is 2.31. The summed E-state index contributed by atoms with van der Waals surface area (Å²) in [4.78, 5) is 37.7. The summed E-state index contributed by atoms with van der Waals surface area (Å²) in [6, 6.07) is 7.81. The lowest BCUT2D eigenvalue weighted by Crippen LogP contribution is -2.53. The van der Waals surface area contributed by atoms with Crippen LogP contribution in [0.2, 0.25) is 5.02 Å². The number of nitrogens with zero attached hydrogens (tertiary/aromatic N) is 1. The number of esters is 1. The van der Waals surface area contributed by atoms with Crippen LogP contribution in [0, 0.1) is 0 Å². The van der Waals surface area contributed by atoms with Crippen molar-refractivity contribution in [3.63, 3.8) is 0 Å². The lowest BCUT2D eigenvalue weighted by atomic mass is 10.1. The van der Waals surface area contributed by atoms with Gasteiger partial charge in [0.15, 0.2) is 5.11 Å². The third kappa shape index (κ3) is 4.13. The molecule has 1 aromatic carbocycles. The summed E-state index contributed by atoms with van der Waals surface area (Å²) in [5, 5.41) is 2.83. The van der Waals surface area contributed by atoms with E-state index in [1.165, 1.54) is 36.3 Å². The number of amides is 2. The fourth-order valence-electron chi connectivity index (χ4n) is 2.67. The highest BCUT2D eigenvalue weighted by Gasteiger charge is 2.32. The minimum Gasteiger partial charge on any atom is -0.465 e. The molecule has 0 saturated carbocycles. The van der Waals surface area contributed by atoms with Gasteiger partial charge in [-0.15, -0.1) is 6.58 Å². The van der Waals surface area contributed by atoms with E-state index in [0.29, 0.717) is 21.9 Å². The maximum Gasteiger partial charge on any atom is 0.337 e. The van der Waals surface area contributed by atoms with Crippen molar-refractivity contribution in [1.82, 2.24) is 10.2 Å². The van der Waals surface area contributed by atoms with Crippen molar-refractivity contribution in [3.8, 4) is 11.3 Å². The van der Waals surface area contributed by atoms with E-state index >= 15 is 0 Å². The summed E-state index contributed by atoms with van der Waals surface area (Å²) in [5.74, 6) is -1.08. The van der Waals surface area contributed by atoms with Gasteiger partial charge in [0.25, 0.3) is 11.8 Å². The van der Waals surface area contributed by atoms with E-state index < -0.39 is 17.8 Å². The second kappa shape index (κ2) is 8.42. The molecule has 0 spiro atoms. The van der Waals surface area contributed by atoms with E-state index in [1.54, 1.807) is 18.2 Å². The van der Waals surface area contributed by atoms with Crippen molar-refractivity contribution in [2.24, 2.45) is 0 Å². The Balaban J connectivity index is 1.95. The van der Waals surface area contributed by atoms with Crippen molar-refractivity contribution in [1.29, 1.82) is 0 Å². The average Bonchev–Trinajstić information content (AvgIpc) is 3.16. The number of hydrogen-bond donors (Lipinski definition) is 1. The molecule has 1 aliphatic heterocycles. The Kier molecular flexibility index (Phi) is 5.95. The van der Waals surface area contributed by atoms with Crippen LogP contribution >= 0.6 is 23.8 Å². The third-order valence-electron chi connectivity index (χ3n) is 4.06. The number of halogens is 1. The average molecular weight is 431 g/mol. The maximum atomic E-state index is 12.6. The molecule has 0 bridgehead atoms. The second-order valence-corrected chi connectivity index (χ2v) is 6.70. The quantitative estimate of drug-likeness (QED) is 0.257. The largest absolute Gasteiger partial charge is 0.465 e. The maximum absolute atomic E-state index is 12.6. The van der Waals surface area contributed by atoms with E-state index in [2.05, 4.69) is 11.9 Å². The molecule has 7 nitrogen and oxygen atoms in total. The first-order valence-electron chi connectivity index (χ1n) is 8.33. The van der Waals surface area contributed by atoms with E-state index in [9.17, 15) is 14.4 Å². The number of hydrogen-bond acceptors (Lipinski definition) is 6.